The van der Waals surface area contributed by atoms with Gasteiger partial charge in [-0.3, -0.25) is 9.78 Å². The maximum absolute atomic E-state index is 10.7. The van der Waals surface area contributed by atoms with Gasteiger partial charge in [0.15, 0.2) is 5.82 Å². The average Bonchev–Trinajstić information content (AvgIpc) is 2.84. The highest BCUT2D eigenvalue weighted by atomic mass is 16.5. The summed E-state index contributed by atoms with van der Waals surface area (Å²) in [4.78, 5) is 21.3. The number of ether oxygens (including phenoxy) is 1. The standard InChI is InChI=1S/C13H19N3O3/c1-2-5-19-12-8-14-7-11(15-12)16-4-3-10(9-16)6-13(17)18/h7-8,10H,2-6,9H2,1H3,(H,17,18). The number of carboxylic acids is 1. The molecule has 0 amide bonds. The van der Waals surface area contributed by atoms with E-state index in [0.717, 1.165) is 31.7 Å². The minimum Gasteiger partial charge on any atom is -0.481 e. The second-order valence-corrected chi connectivity index (χ2v) is 4.76. The first-order valence-electron chi connectivity index (χ1n) is 6.60. The van der Waals surface area contributed by atoms with Crippen molar-refractivity contribution in [3.05, 3.63) is 12.4 Å². The summed E-state index contributed by atoms with van der Waals surface area (Å²) in [6.07, 6.45) is 5.33. The molecule has 104 valence electrons. The highest BCUT2D eigenvalue weighted by Gasteiger charge is 2.25. The van der Waals surface area contributed by atoms with Crippen LogP contribution in [0.1, 0.15) is 26.2 Å². The predicted molar refractivity (Wildman–Crippen MR) is 70.4 cm³/mol. The second kappa shape index (κ2) is 6.36. The lowest BCUT2D eigenvalue weighted by Gasteiger charge is -2.17. The van der Waals surface area contributed by atoms with Crippen molar-refractivity contribution >= 4 is 11.8 Å². The zero-order valence-electron chi connectivity index (χ0n) is 11.1. The van der Waals surface area contributed by atoms with Crippen molar-refractivity contribution in [1.29, 1.82) is 0 Å². The van der Waals surface area contributed by atoms with Crippen LogP contribution in [-0.4, -0.2) is 40.7 Å². The predicted octanol–water partition coefficient (Wildman–Crippen LogP) is 1.57. The number of aromatic nitrogens is 2. The minimum absolute atomic E-state index is 0.194. The topological polar surface area (TPSA) is 75.5 Å². The van der Waals surface area contributed by atoms with Gasteiger partial charge >= 0.3 is 5.97 Å². The molecule has 1 saturated heterocycles. The van der Waals surface area contributed by atoms with E-state index in [4.69, 9.17) is 9.84 Å². The zero-order chi connectivity index (χ0) is 13.7. The third-order valence-electron chi connectivity index (χ3n) is 3.13. The van der Waals surface area contributed by atoms with E-state index in [1.165, 1.54) is 0 Å². The summed E-state index contributed by atoms with van der Waals surface area (Å²) in [5.74, 6) is 0.750. The smallest absolute Gasteiger partial charge is 0.303 e. The van der Waals surface area contributed by atoms with E-state index in [9.17, 15) is 4.79 Å². The summed E-state index contributed by atoms with van der Waals surface area (Å²) in [6, 6.07) is 0. The molecule has 0 aliphatic carbocycles. The molecule has 1 atom stereocenters. The van der Waals surface area contributed by atoms with Crippen LogP contribution in [0.2, 0.25) is 0 Å². The SMILES string of the molecule is CCCOc1cncc(N2CCC(CC(=O)O)C2)n1. The van der Waals surface area contributed by atoms with Gasteiger partial charge in [0.2, 0.25) is 5.88 Å². The van der Waals surface area contributed by atoms with Gasteiger partial charge in [0, 0.05) is 19.5 Å². The number of carboxylic acid groups (broad SMARTS) is 1. The lowest BCUT2D eigenvalue weighted by atomic mass is 10.1. The van der Waals surface area contributed by atoms with E-state index in [1.54, 1.807) is 12.4 Å². The Morgan fingerprint density at radius 1 is 1.58 bits per heavy atom. The molecule has 1 aliphatic heterocycles. The molecule has 1 fully saturated rings. The van der Waals surface area contributed by atoms with Gasteiger partial charge in [-0.15, -0.1) is 0 Å². The fourth-order valence-corrected chi connectivity index (χ4v) is 2.22. The van der Waals surface area contributed by atoms with Gasteiger partial charge in [-0.1, -0.05) is 6.92 Å². The molecule has 2 heterocycles. The summed E-state index contributed by atoms with van der Waals surface area (Å²) in [5, 5.41) is 8.81. The van der Waals surface area contributed by atoms with Crippen LogP contribution in [0.15, 0.2) is 12.4 Å². The van der Waals surface area contributed by atoms with E-state index in [2.05, 4.69) is 14.9 Å². The molecule has 6 nitrogen and oxygen atoms in total. The maximum atomic E-state index is 10.7. The Morgan fingerprint density at radius 3 is 3.16 bits per heavy atom. The Bertz CT molecular complexity index is 439. The van der Waals surface area contributed by atoms with Gasteiger partial charge in [0.1, 0.15) is 0 Å². The molecule has 0 spiro atoms. The quantitative estimate of drug-likeness (QED) is 0.841. The number of anilines is 1. The van der Waals surface area contributed by atoms with Crippen molar-refractivity contribution < 1.29 is 14.6 Å². The molecule has 1 aromatic rings. The number of nitrogens with zero attached hydrogens (tertiary/aromatic N) is 3. The number of carbonyl (C=O) groups is 1. The minimum atomic E-state index is -0.738. The molecule has 1 N–H and O–H groups in total. The molecule has 0 aromatic carbocycles. The van der Waals surface area contributed by atoms with Gasteiger partial charge in [0.25, 0.3) is 0 Å². The first kappa shape index (κ1) is 13.6. The normalized spacial score (nSPS) is 18.6. The van der Waals surface area contributed by atoms with Crippen LogP contribution in [0.25, 0.3) is 0 Å². The highest BCUT2D eigenvalue weighted by molar-refractivity contribution is 5.67. The van der Waals surface area contributed by atoms with Crippen LogP contribution in [0, 0.1) is 5.92 Å². The zero-order valence-corrected chi connectivity index (χ0v) is 11.1. The van der Waals surface area contributed by atoms with E-state index in [0.29, 0.717) is 12.5 Å². The molecule has 1 aromatic heterocycles. The van der Waals surface area contributed by atoms with Crippen LogP contribution in [0.5, 0.6) is 5.88 Å². The molecular weight excluding hydrogens is 246 g/mol. The Morgan fingerprint density at radius 2 is 2.42 bits per heavy atom. The summed E-state index contributed by atoms with van der Waals surface area (Å²) >= 11 is 0. The maximum Gasteiger partial charge on any atom is 0.303 e. The van der Waals surface area contributed by atoms with Crippen molar-refractivity contribution in [3.63, 3.8) is 0 Å². The van der Waals surface area contributed by atoms with Gasteiger partial charge in [0.05, 0.1) is 19.0 Å². The molecule has 19 heavy (non-hydrogen) atoms. The van der Waals surface area contributed by atoms with Gasteiger partial charge in [-0.2, -0.15) is 4.98 Å². The van der Waals surface area contributed by atoms with Crippen LogP contribution < -0.4 is 9.64 Å². The molecule has 6 heteroatoms. The molecule has 1 unspecified atom stereocenters. The average molecular weight is 265 g/mol. The largest absolute Gasteiger partial charge is 0.481 e. The molecule has 1 aliphatic rings. The molecule has 2 rings (SSSR count). The Kier molecular flexibility index (Phi) is 4.54. The third kappa shape index (κ3) is 3.81. The second-order valence-electron chi connectivity index (χ2n) is 4.76. The first-order chi connectivity index (χ1) is 9.19. The lowest BCUT2D eigenvalue weighted by Crippen LogP contribution is -2.22. The van der Waals surface area contributed by atoms with Crippen molar-refractivity contribution in [3.8, 4) is 5.88 Å². The number of hydrogen-bond acceptors (Lipinski definition) is 5. The summed E-state index contributed by atoms with van der Waals surface area (Å²) < 4.78 is 5.45. The van der Waals surface area contributed by atoms with Crippen LogP contribution in [-0.2, 0) is 4.79 Å². The first-order valence-corrected chi connectivity index (χ1v) is 6.60. The Balaban J connectivity index is 1.96. The van der Waals surface area contributed by atoms with Crippen molar-refractivity contribution in [1.82, 2.24) is 9.97 Å². The molecule has 0 bridgehead atoms. The summed E-state index contributed by atoms with van der Waals surface area (Å²) in [5.41, 5.74) is 0. The van der Waals surface area contributed by atoms with Crippen molar-refractivity contribution in [2.45, 2.75) is 26.2 Å². The summed E-state index contributed by atoms with van der Waals surface area (Å²) in [6.45, 7) is 4.20. The van der Waals surface area contributed by atoms with E-state index in [-0.39, 0.29) is 12.3 Å². The monoisotopic (exact) mass is 265 g/mol. The number of hydrogen-bond donors (Lipinski definition) is 1. The molecular formula is C13H19N3O3. The highest BCUT2D eigenvalue weighted by Crippen LogP contribution is 2.24. The van der Waals surface area contributed by atoms with Crippen molar-refractivity contribution in [2.75, 3.05) is 24.6 Å². The van der Waals surface area contributed by atoms with Crippen LogP contribution in [0.3, 0.4) is 0 Å². The fraction of sp³-hybridized carbons (Fsp3) is 0.615. The van der Waals surface area contributed by atoms with Crippen molar-refractivity contribution in [2.24, 2.45) is 5.92 Å². The number of rotatable bonds is 6. The van der Waals surface area contributed by atoms with Gasteiger partial charge in [-0.25, -0.2) is 0 Å². The van der Waals surface area contributed by atoms with Crippen LogP contribution in [0.4, 0.5) is 5.82 Å². The Hall–Kier alpha value is -1.85. The fourth-order valence-electron chi connectivity index (χ4n) is 2.22. The van der Waals surface area contributed by atoms with E-state index in [1.807, 2.05) is 6.92 Å². The Labute approximate surface area is 112 Å². The summed E-state index contributed by atoms with van der Waals surface area (Å²) in [7, 11) is 0. The number of aliphatic carboxylic acids is 1. The van der Waals surface area contributed by atoms with E-state index < -0.39 is 5.97 Å². The third-order valence-corrected chi connectivity index (χ3v) is 3.13. The van der Waals surface area contributed by atoms with Crippen LogP contribution >= 0.6 is 0 Å². The molecule has 0 saturated carbocycles. The van der Waals surface area contributed by atoms with Gasteiger partial charge < -0.3 is 14.7 Å². The lowest BCUT2D eigenvalue weighted by molar-refractivity contribution is -0.137. The van der Waals surface area contributed by atoms with Gasteiger partial charge in [-0.05, 0) is 18.8 Å². The molecule has 0 radical (unpaired) electrons. The van der Waals surface area contributed by atoms with E-state index >= 15 is 0 Å².